The van der Waals surface area contributed by atoms with Gasteiger partial charge in [0.2, 0.25) is 0 Å². The molecule has 1 rings (SSSR count). The summed E-state index contributed by atoms with van der Waals surface area (Å²) in [5.74, 6) is 0.523. The van der Waals surface area contributed by atoms with Crippen molar-refractivity contribution in [3.63, 3.8) is 0 Å². The van der Waals surface area contributed by atoms with Crippen molar-refractivity contribution in [3.05, 3.63) is 11.3 Å². The zero-order valence-electron chi connectivity index (χ0n) is 10.4. The van der Waals surface area contributed by atoms with E-state index in [0.29, 0.717) is 11.5 Å². The summed E-state index contributed by atoms with van der Waals surface area (Å²) in [5, 5.41) is 9.04. The molecule has 1 atom stereocenters. The quantitative estimate of drug-likeness (QED) is 0.466. The van der Waals surface area contributed by atoms with Gasteiger partial charge in [0.15, 0.2) is 0 Å². The molecule has 1 fully saturated rings. The average molecular weight is 253 g/mol. The lowest BCUT2D eigenvalue weighted by molar-refractivity contribution is 0.104. The Bertz CT molecular complexity index is 357. The number of nitrogens with zero attached hydrogens (tertiary/aromatic N) is 2. The molecule has 0 aliphatic carbocycles. The van der Waals surface area contributed by atoms with Crippen LogP contribution in [0.25, 0.3) is 0 Å². The number of hydrogen-bond donors (Lipinski definition) is 1. The summed E-state index contributed by atoms with van der Waals surface area (Å²) in [6, 6.07) is 2.09. The zero-order valence-corrected chi connectivity index (χ0v) is 11.2. The Balaban J connectivity index is 2.78. The van der Waals surface area contributed by atoms with E-state index in [1.54, 1.807) is 7.11 Å². The van der Waals surface area contributed by atoms with Gasteiger partial charge in [-0.2, -0.15) is 5.26 Å². The molecule has 1 aliphatic rings. The normalized spacial score (nSPS) is 21.7. The molecule has 1 heterocycles. The molecule has 5 heteroatoms. The van der Waals surface area contributed by atoms with Gasteiger partial charge in [0, 0.05) is 25.9 Å². The van der Waals surface area contributed by atoms with Crippen molar-refractivity contribution in [1.82, 2.24) is 4.90 Å². The number of nitriles is 1. The molecule has 2 N–H and O–H groups in total. The summed E-state index contributed by atoms with van der Waals surface area (Å²) >= 11 is 4.89. The van der Waals surface area contributed by atoms with Crippen molar-refractivity contribution >= 4 is 17.2 Å². The van der Waals surface area contributed by atoms with Crippen molar-refractivity contribution in [2.75, 3.05) is 26.8 Å². The molecule has 1 saturated heterocycles. The lowest BCUT2D eigenvalue weighted by Crippen LogP contribution is -2.37. The number of allylic oxidation sites excluding steroid dienone is 1. The van der Waals surface area contributed by atoms with Crippen LogP contribution in [0.4, 0.5) is 0 Å². The number of likely N-dealkylation sites (tertiary alicyclic amines) is 1. The zero-order chi connectivity index (χ0) is 12.8. The van der Waals surface area contributed by atoms with Gasteiger partial charge in [0.25, 0.3) is 0 Å². The summed E-state index contributed by atoms with van der Waals surface area (Å²) < 4.78 is 5.19. The molecule has 0 radical (unpaired) electrons. The van der Waals surface area contributed by atoms with Crippen LogP contribution in [0, 0.1) is 17.2 Å². The second-order valence-electron chi connectivity index (χ2n) is 4.35. The highest BCUT2D eigenvalue weighted by Gasteiger charge is 2.22. The molecule has 4 nitrogen and oxygen atoms in total. The minimum atomic E-state index is 0.180. The Morgan fingerprint density at radius 1 is 1.65 bits per heavy atom. The van der Waals surface area contributed by atoms with E-state index >= 15 is 0 Å². The van der Waals surface area contributed by atoms with Gasteiger partial charge in [-0.05, 0) is 25.7 Å². The molecule has 0 amide bonds. The topological polar surface area (TPSA) is 62.3 Å². The van der Waals surface area contributed by atoms with Gasteiger partial charge in [0.05, 0.1) is 6.61 Å². The molecule has 0 aromatic rings. The number of rotatable bonds is 4. The van der Waals surface area contributed by atoms with Crippen LogP contribution in [-0.2, 0) is 4.74 Å². The van der Waals surface area contributed by atoms with Crippen LogP contribution in [0.15, 0.2) is 11.3 Å². The number of methoxy groups -OCH3 is 1. The molecule has 0 spiro atoms. The SMILES string of the molecule is COCC1CCCN(C(C)=C(C#N)C(N)=S)C1. The second-order valence-corrected chi connectivity index (χ2v) is 4.79. The molecule has 1 unspecified atom stereocenters. The van der Waals surface area contributed by atoms with E-state index in [2.05, 4.69) is 11.0 Å². The first kappa shape index (κ1) is 13.9. The first-order valence-corrected chi connectivity index (χ1v) is 6.15. The summed E-state index contributed by atoms with van der Waals surface area (Å²) in [7, 11) is 1.72. The second kappa shape index (κ2) is 6.58. The minimum absolute atomic E-state index is 0.180. The lowest BCUT2D eigenvalue weighted by Gasteiger charge is -2.35. The molecule has 94 valence electrons. The van der Waals surface area contributed by atoms with Gasteiger partial charge in [-0.3, -0.25) is 0 Å². The Hall–Kier alpha value is -1.12. The molecule has 0 aromatic heterocycles. The molecule has 0 bridgehead atoms. The van der Waals surface area contributed by atoms with Crippen LogP contribution >= 0.6 is 12.2 Å². The first-order valence-electron chi connectivity index (χ1n) is 5.74. The van der Waals surface area contributed by atoms with Crippen molar-refractivity contribution in [2.45, 2.75) is 19.8 Å². The van der Waals surface area contributed by atoms with Gasteiger partial charge in [-0.1, -0.05) is 12.2 Å². The van der Waals surface area contributed by atoms with E-state index in [1.165, 1.54) is 6.42 Å². The highest BCUT2D eigenvalue weighted by molar-refractivity contribution is 7.80. The third-order valence-corrected chi connectivity index (χ3v) is 3.32. The van der Waals surface area contributed by atoms with Crippen molar-refractivity contribution in [1.29, 1.82) is 5.26 Å². The smallest absolute Gasteiger partial charge is 0.116 e. The molecule has 1 aliphatic heterocycles. The number of thiocarbonyl (C=S) groups is 1. The van der Waals surface area contributed by atoms with Gasteiger partial charge >= 0.3 is 0 Å². The Labute approximate surface area is 108 Å². The molecule has 17 heavy (non-hydrogen) atoms. The molecular weight excluding hydrogens is 234 g/mol. The van der Waals surface area contributed by atoms with Crippen LogP contribution in [0.1, 0.15) is 19.8 Å². The molecule has 0 saturated carbocycles. The van der Waals surface area contributed by atoms with E-state index in [1.807, 2.05) is 6.92 Å². The van der Waals surface area contributed by atoms with Crippen LogP contribution in [0.3, 0.4) is 0 Å². The van der Waals surface area contributed by atoms with Crippen LogP contribution in [-0.4, -0.2) is 36.7 Å². The number of hydrogen-bond acceptors (Lipinski definition) is 4. The minimum Gasteiger partial charge on any atom is -0.389 e. The fraction of sp³-hybridized carbons (Fsp3) is 0.667. The lowest BCUT2D eigenvalue weighted by atomic mass is 9.98. The maximum atomic E-state index is 9.04. The van der Waals surface area contributed by atoms with E-state index < -0.39 is 0 Å². The predicted molar refractivity (Wildman–Crippen MR) is 71.3 cm³/mol. The fourth-order valence-electron chi connectivity index (χ4n) is 2.21. The predicted octanol–water partition coefficient (Wildman–Crippen LogP) is 1.43. The van der Waals surface area contributed by atoms with E-state index in [-0.39, 0.29) is 4.99 Å². The van der Waals surface area contributed by atoms with E-state index in [4.69, 9.17) is 28.0 Å². The summed E-state index contributed by atoms with van der Waals surface area (Å²) in [6.07, 6.45) is 2.29. The van der Waals surface area contributed by atoms with Gasteiger partial charge in [0.1, 0.15) is 16.6 Å². The molecular formula is C12H19N3OS. The fourth-order valence-corrected chi connectivity index (χ4v) is 2.41. The molecule has 0 aromatic carbocycles. The van der Waals surface area contributed by atoms with E-state index in [0.717, 1.165) is 31.8 Å². The Morgan fingerprint density at radius 3 is 2.88 bits per heavy atom. The van der Waals surface area contributed by atoms with Crippen LogP contribution in [0.5, 0.6) is 0 Å². The maximum Gasteiger partial charge on any atom is 0.116 e. The van der Waals surface area contributed by atoms with Crippen molar-refractivity contribution < 1.29 is 4.74 Å². The third-order valence-electron chi connectivity index (χ3n) is 3.12. The van der Waals surface area contributed by atoms with Gasteiger partial charge in [-0.15, -0.1) is 0 Å². The number of nitrogens with two attached hydrogens (primary N) is 1. The summed E-state index contributed by atoms with van der Waals surface area (Å²) in [6.45, 7) is 4.54. The Kier molecular flexibility index (Phi) is 5.39. The van der Waals surface area contributed by atoms with Gasteiger partial charge in [-0.25, -0.2) is 0 Å². The number of ether oxygens (including phenoxy) is 1. The van der Waals surface area contributed by atoms with Gasteiger partial charge < -0.3 is 15.4 Å². The summed E-state index contributed by atoms with van der Waals surface area (Å²) in [5.41, 5.74) is 6.87. The summed E-state index contributed by atoms with van der Waals surface area (Å²) in [4.78, 5) is 2.36. The van der Waals surface area contributed by atoms with Crippen LogP contribution < -0.4 is 5.73 Å². The van der Waals surface area contributed by atoms with E-state index in [9.17, 15) is 0 Å². The monoisotopic (exact) mass is 253 g/mol. The average Bonchev–Trinajstić information content (AvgIpc) is 2.30. The largest absolute Gasteiger partial charge is 0.389 e. The standard InChI is InChI=1S/C12H19N3OS/c1-9(11(6-13)12(14)17)15-5-3-4-10(7-15)8-16-2/h10H,3-5,7-8H2,1-2H3,(H2,14,17). The highest BCUT2D eigenvalue weighted by atomic mass is 32.1. The number of piperidine rings is 1. The van der Waals surface area contributed by atoms with Crippen LogP contribution in [0.2, 0.25) is 0 Å². The van der Waals surface area contributed by atoms with Crippen molar-refractivity contribution in [3.8, 4) is 6.07 Å². The maximum absolute atomic E-state index is 9.04. The Morgan fingerprint density at radius 2 is 2.35 bits per heavy atom. The third kappa shape index (κ3) is 3.69. The highest BCUT2D eigenvalue weighted by Crippen LogP contribution is 2.21. The van der Waals surface area contributed by atoms with Crippen molar-refractivity contribution in [2.24, 2.45) is 11.7 Å². The first-order chi connectivity index (χ1) is 8.10.